The van der Waals surface area contributed by atoms with Crippen LogP contribution in [0.1, 0.15) is 58.8 Å². The summed E-state index contributed by atoms with van der Waals surface area (Å²) in [5.74, 6) is 1.86. The molecule has 4 heteroatoms. The molecular formula is C16H28N4. The Labute approximate surface area is 123 Å². The van der Waals surface area contributed by atoms with Crippen molar-refractivity contribution in [2.24, 2.45) is 0 Å². The lowest BCUT2D eigenvalue weighted by Gasteiger charge is -2.25. The van der Waals surface area contributed by atoms with Crippen molar-refractivity contribution in [1.29, 1.82) is 0 Å². The first-order valence-corrected chi connectivity index (χ1v) is 8.18. The first-order chi connectivity index (χ1) is 9.83. The average molecular weight is 276 g/mol. The molecule has 0 amide bonds. The molecule has 4 nitrogen and oxygen atoms in total. The fraction of sp³-hybridized carbons (Fsp3) is 0.750. The first kappa shape index (κ1) is 15.1. The third kappa shape index (κ3) is 4.36. The summed E-state index contributed by atoms with van der Waals surface area (Å²) in [7, 11) is 0. The van der Waals surface area contributed by atoms with E-state index in [1.165, 1.54) is 32.1 Å². The second-order valence-electron chi connectivity index (χ2n) is 5.70. The van der Waals surface area contributed by atoms with E-state index in [1.807, 2.05) is 12.3 Å². The highest BCUT2D eigenvalue weighted by atomic mass is 15.2. The quantitative estimate of drug-likeness (QED) is 0.821. The van der Waals surface area contributed by atoms with Gasteiger partial charge < -0.3 is 10.2 Å². The van der Waals surface area contributed by atoms with Gasteiger partial charge in [0.05, 0.1) is 0 Å². The van der Waals surface area contributed by atoms with E-state index in [0.717, 1.165) is 37.7 Å². The minimum atomic E-state index is 0.560. The average Bonchev–Trinajstić information content (AvgIpc) is 2.48. The SMILES string of the molecule is CCCN(CCC)c1ccnc(NC2CCCCC2)n1. The molecular weight excluding hydrogens is 248 g/mol. The Morgan fingerprint density at radius 3 is 2.50 bits per heavy atom. The number of hydrogen-bond donors (Lipinski definition) is 1. The van der Waals surface area contributed by atoms with Gasteiger partial charge >= 0.3 is 0 Å². The predicted octanol–water partition coefficient (Wildman–Crippen LogP) is 3.85. The van der Waals surface area contributed by atoms with Crippen LogP contribution in [0.4, 0.5) is 11.8 Å². The molecule has 2 rings (SSSR count). The molecule has 112 valence electrons. The molecule has 1 aliphatic rings. The number of anilines is 2. The number of hydrogen-bond acceptors (Lipinski definition) is 4. The lowest BCUT2D eigenvalue weighted by atomic mass is 9.96. The maximum atomic E-state index is 4.71. The van der Waals surface area contributed by atoms with Crippen molar-refractivity contribution >= 4 is 11.8 Å². The minimum Gasteiger partial charge on any atom is -0.356 e. The standard InChI is InChI=1S/C16H28N4/c1-3-12-20(13-4-2)15-10-11-17-16(19-15)18-14-8-6-5-7-9-14/h10-11,14H,3-9,12-13H2,1-2H3,(H,17,18,19). The van der Waals surface area contributed by atoms with Crippen LogP contribution < -0.4 is 10.2 Å². The normalized spacial score (nSPS) is 16.1. The first-order valence-electron chi connectivity index (χ1n) is 8.18. The van der Waals surface area contributed by atoms with E-state index in [2.05, 4.69) is 29.0 Å². The summed E-state index contributed by atoms with van der Waals surface area (Å²) < 4.78 is 0. The molecule has 0 saturated heterocycles. The van der Waals surface area contributed by atoms with Gasteiger partial charge in [-0.15, -0.1) is 0 Å². The van der Waals surface area contributed by atoms with E-state index >= 15 is 0 Å². The third-order valence-electron chi connectivity index (χ3n) is 3.89. The van der Waals surface area contributed by atoms with Gasteiger partial charge in [-0.25, -0.2) is 4.98 Å². The van der Waals surface area contributed by atoms with Crippen LogP contribution in [0.5, 0.6) is 0 Å². The molecule has 0 bridgehead atoms. The van der Waals surface area contributed by atoms with Crippen molar-refractivity contribution < 1.29 is 0 Å². The molecule has 1 heterocycles. The monoisotopic (exact) mass is 276 g/mol. The lowest BCUT2D eigenvalue weighted by Crippen LogP contribution is -2.27. The molecule has 1 N–H and O–H groups in total. The smallest absolute Gasteiger partial charge is 0.224 e. The molecule has 0 aromatic carbocycles. The van der Waals surface area contributed by atoms with Gasteiger partial charge in [0.25, 0.3) is 0 Å². The van der Waals surface area contributed by atoms with Crippen LogP contribution in [0, 0.1) is 0 Å². The zero-order chi connectivity index (χ0) is 14.2. The van der Waals surface area contributed by atoms with Gasteiger partial charge in [0.2, 0.25) is 5.95 Å². The maximum Gasteiger partial charge on any atom is 0.224 e. The summed E-state index contributed by atoms with van der Waals surface area (Å²) in [5, 5.41) is 3.51. The minimum absolute atomic E-state index is 0.560. The molecule has 0 unspecified atom stereocenters. The zero-order valence-electron chi connectivity index (χ0n) is 12.9. The fourth-order valence-electron chi connectivity index (χ4n) is 2.91. The largest absolute Gasteiger partial charge is 0.356 e. The summed E-state index contributed by atoms with van der Waals surface area (Å²) in [6.07, 6.45) is 10.7. The highest BCUT2D eigenvalue weighted by Crippen LogP contribution is 2.21. The van der Waals surface area contributed by atoms with E-state index in [0.29, 0.717) is 6.04 Å². The van der Waals surface area contributed by atoms with Crippen LogP contribution in [0.25, 0.3) is 0 Å². The van der Waals surface area contributed by atoms with Crippen LogP contribution in [-0.2, 0) is 0 Å². The summed E-state index contributed by atoms with van der Waals surface area (Å²) in [6, 6.07) is 2.59. The van der Waals surface area contributed by atoms with Crippen LogP contribution in [0.3, 0.4) is 0 Å². The van der Waals surface area contributed by atoms with E-state index in [4.69, 9.17) is 4.98 Å². The molecule has 0 radical (unpaired) electrons. The van der Waals surface area contributed by atoms with Crippen molar-refractivity contribution in [3.8, 4) is 0 Å². The summed E-state index contributed by atoms with van der Waals surface area (Å²) in [5.41, 5.74) is 0. The van der Waals surface area contributed by atoms with E-state index in [-0.39, 0.29) is 0 Å². The van der Waals surface area contributed by atoms with Crippen molar-refractivity contribution in [3.63, 3.8) is 0 Å². The Morgan fingerprint density at radius 1 is 1.15 bits per heavy atom. The molecule has 1 aliphatic carbocycles. The Kier molecular flexibility index (Phi) is 6.09. The van der Waals surface area contributed by atoms with Gasteiger partial charge in [-0.1, -0.05) is 33.1 Å². The summed E-state index contributed by atoms with van der Waals surface area (Å²) >= 11 is 0. The van der Waals surface area contributed by atoms with Crippen LogP contribution in [-0.4, -0.2) is 29.1 Å². The van der Waals surface area contributed by atoms with Crippen molar-refractivity contribution in [2.75, 3.05) is 23.3 Å². The Bertz CT molecular complexity index is 382. The Balaban J connectivity index is 2.01. The molecule has 0 atom stereocenters. The van der Waals surface area contributed by atoms with Gasteiger partial charge in [0.15, 0.2) is 0 Å². The van der Waals surface area contributed by atoms with Crippen LogP contribution >= 0.6 is 0 Å². The Morgan fingerprint density at radius 2 is 1.85 bits per heavy atom. The predicted molar refractivity (Wildman–Crippen MR) is 85.3 cm³/mol. The number of nitrogens with one attached hydrogen (secondary N) is 1. The number of rotatable bonds is 7. The van der Waals surface area contributed by atoms with Crippen LogP contribution in [0.2, 0.25) is 0 Å². The fourth-order valence-corrected chi connectivity index (χ4v) is 2.91. The van der Waals surface area contributed by atoms with Gasteiger partial charge in [0, 0.05) is 25.3 Å². The van der Waals surface area contributed by atoms with Crippen molar-refractivity contribution in [3.05, 3.63) is 12.3 Å². The summed E-state index contributed by atoms with van der Waals surface area (Å²) in [4.78, 5) is 11.5. The number of aromatic nitrogens is 2. The van der Waals surface area contributed by atoms with Crippen molar-refractivity contribution in [2.45, 2.75) is 64.8 Å². The zero-order valence-corrected chi connectivity index (χ0v) is 12.9. The van der Waals surface area contributed by atoms with Gasteiger partial charge in [0.1, 0.15) is 5.82 Å². The highest BCUT2D eigenvalue weighted by molar-refractivity contribution is 5.42. The third-order valence-corrected chi connectivity index (χ3v) is 3.89. The maximum absolute atomic E-state index is 4.71. The number of nitrogens with zero attached hydrogens (tertiary/aromatic N) is 3. The molecule has 1 aromatic heterocycles. The van der Waals surface area contributed by atoms with Crippen molar-refractivity contribution in [1.82, 2.24) is 9.97 Å². The van der Waals surface area contributed by atoms with Gasteiger partial charge in [-0.05, 0) is 31.7 Å². The van der Waals surface area contributed by atoms with Gasteiger partial charge in [-0.2, -0.15) is 4.98 Å². The second-order valence-corrected chi connectivity index (χ2v) is 5.70. The molecule has 0 aliphatic heterocycles. The molecule has 0 spiro atoms. The highest BCUT2D eigenvalue weighted by Gasteiger charge is 2.15. The molecule has 1 fully saturated rings. The summed E-state index contributed by atoms with van der Waals surface area (Å²) in [6.45, 7) is 6.55. The van der Waals surface area contributed by atoms with E-state index < -0.39 is 0 Å². The van der Waals surface area contributed by atoms with Gasteiger partial charge in [-0.3, -0.25) is 0 Å². The molecule has 1 saturated carbocycles. The molecule has 20 heavy (non-hydrogen) atoms. The van der Waals surface area contributed by atoms with E-state index in [9.17, 15) is 0 Å². The lowest BCUT2D eigenvalue weighted by molar-refractivity contribution is 0.461. The topological polar surface area (TPSA) is 41.1 Å². The Hall–Kier alpha value is -1.32. The molecule has 1 aromatic rings. The second kappa shape index (κ2) is 8.08. The van der Waals surface area contributed by atoms with E-state index in [1.54, 1.807) is 0 Å². The van der Waals surface area contributed by atoms with Crippen LogP contribution in [0.15, 0.2) is 12.3 Å².